The van der Waals surface area contributed by atoms with Gasteiger partial charge in [-0.1, -0.05) is 0 Å². The van der Waals surface area contributed by atoms with E-state index in [0.29, 0.717) is 47.7 Å². The highest BCUT2D eigenvalue weighted by Crippen LogP contribution is 2.40. The number of ether oxygens (including phenoxy) is 1. The molecule has 2 aliphatic rings. The minimum absolute atomic E-state index is 0. The molecule has 160 valence electrons. The van der Waals surface area contributed by atoms with Gasteiger partial charge in [0.2, 0.25) is 0 Å². The Labute approximate surface area is 173 Å². The molecule has 4 N–H and O–H groups in total. The summed E-state index contributed by atoms with van der Waals surface area (Å²) in [6.07, 6.45) is 2.47. The number of anilines is 1. The molecule has 1 saturated heterocycles. The largest absolute Gasteiger partial charge is 0.384 e. The average molecular weight is 428 g/mol. The molecule has 1 atom stereocenters. The van der Waals surface area contributed by atoms with E-state index in [0.717, 1.165) is 19.3 Å². The molecule has 1 aromatic heterocycles. The maximum Gasteiger partial charge on any atom is 0.350 e. The molecule has 1 aliphatic carbocycles. The minimum Gasteiger partial charge on any atom is -0.384 e. The van der Waals surface area contributed by atoms with Crippen LogP contribution < -0.4 is 27.7 Å². The van der Waals surface area contributed by atoms with E-state index in [9.17, 15) is 9.59 Å². The fourth-order valence-electron chi connectivity index (χ4n) is 4.49. The van der Waals surface area contributed by atoms with E-state index in [1.165, 1.54) is 6.07 Å². The lowest BCUT2D eigenvalue weighted by molar-refractivity contribution is 0.0993. The first-order valence-electron chi connectivity index (χ1n) is 9.53. The first-order valence-corrected chi connectivity index (χ1v) is 9.53. The van der Waals surface area contributed by atoms with Crippen molar-refractivity contribution in [2.45, 2.75) is 32.2 Å². The second kappa shape index (κ2) is 7.62. The van der Waals surface area contributed by atoms with Gasteiger partial charge in [0.15, 0.2) is 0 Å². The Morgan fingerprint density at radius 3 is 2.62 bits per heavy atom. The van der Waals surface area contributed by atoms with Gasteiger partial charge in [0, 0.05) is 43.8 Å². The van der Waals surface area contributed by atoms with Crippen molar-refractivity contribution in [2.75, 3.05) is 44.1 Å². The highest BCUT2D eigenvalue weighted by Gasteiger charge is 2.39. The first-order chi connectivity index (χ1) is 13.3. The molecule has 0 amide bonds. The summed E-state index contributed by atoms with van der Waals surface area (Å²) in [6, 6.07) is 1.21. The molecule has 4 rings (SSSR count). The monoisotopic (exact) mass is 427 g/mol. The number of hydrogen-bond donors (Lipinski definition) is 2. The highest BCUT2D eigenvalue weighted by atomic mass is 35.5. The lowest BCUT2D eigenvalue weighted by atomic mass is 9.88. The predicted molar refractivity (Wildman–Crippen MR) is 113 cm³/mol. The quantitative estimate of drug-likeness (QED) is 0.686. The van der Waals surface area contributed by atoms with Crippen LogP contribution in [0.5, 0.6) is 0 Å². The van der Waals surface area contributed by atoms with Gasteiger partial charge in [-0.2, -0.15) is 4.68 Å². The SMILES string of the molecule is COCC1(CN)CCN(c2c(F)cc3c(=O)n(N)c(=O)n(C4CC4)c3c2C)C1.Cl. The molecular formula is C19H27ClFN5O3. The van der Waals surface area contributed by atoms with Crippen LogP contribution in [0.4, 0.5) is 10.1 Å². The first kappa shape index (κ1) is 21.6. The van der Waals surface area contributed by atoms with Gasteiger partial charge in [0.25, 0.3) is 5.56 Å². The van der Waals surface area contributed by atoms with Crippen LogP contribution >= 0.6 is 12.4 Å². The number of aryl methyl sites for hydroxylation is 1. The van der Waals surface area contributed by atoms with Gasteiger partial charge < -0.3 is 21.2 Å². The number of hydrogen-bond acceptors (Lipinski definition) is 6. The molecule has 0 spiro atoms. The van der Waals surface area contributed by atoms with Crippen molar-refractivity contribution >= 4 is 29.0 Å². The number of aromatic nitrogens is 2. The average Bonchev–Trinajstić information content (AvgIpc) is 3.42. The van der Waals surface area contributed by atoms with Crippen molar-refractivity contribution in [3.05, 3.63) is 38.3 Å². The third kappa shape index (κ3) is 3.31. The number of nitrogen functional groups attached to an aromatic ring is 1. The summed E-state index contributed by atoms with van der Waals surface area (Å²) in [4.78, 5) is 27.1. The molecule has 1 saturated carbocycles. The Kier molecular flexibility index (Phi) is 5.68. The van der Waals surface area contributed by atoms with Crippen molar-refractivity contribution in [3.63, 3.8) is 0 Å². The third-order valence-corrected chi connectivity index (χ3v) is 6.12. The second-order valence-corrected chi connectivity index (χ2v) is 8.10. The Balaban J connectivity index is 0.00000240. The summed E-state index contributed by atoms with van der Waals surface area (Å²) in [5, 5.41) is 0.133. The fourth-order valence-corrected chi connectivity index (χ4v) is 4.49. The number of nitrogens with zero attached hydrogens (tertiary/aromatic N) is 3. The van der Waals surface area contributed by atoms with Crippen LogP contribution in [-0.4, -0.2) is 42.6 Å². The summed E-state index contributed by atoms with van der Waals surface area (Å²) < 4.78 is 22.6. The van der Waals surface area contributed by atoms with Crippen LogP contribution in [0.15, 0.2) is 15.7 Å². The van der Waals surface area contributed by atoms with E-state index < -0.39 is 17.1 Å². The lowest BCUT2D eigenvalue weighted by Crippen LogP contribution is -2.45. The van der Waals surface area contributed by atoms with Crippen molar-refractivity contribution in [1.82, 2.24) is 9.24 Å². The molecule has 8 nitrogen and oxygen atoms in total. The Morgan fingerprint density at radius 2 is 2.03 bits per heavy atom. The summed E-state index contributed by atoms with van der Waals surface area (Å²) in [5.74, 6) is 5.18. The smallest absolute Gasteiger partial charge is 0.350 e. The summed E-state index contributed by atoms with van der Waals surface area (Å²) in [6.45, 7) is 3.89. The molecule has 0 bridgehead atoms. The maximum absolute atomic E-state index is 15.2. The number of fused-ring (bicyclic) bond motifs is 1. The zero-order valence-corrected chi connectivity index (χ0v) is 17.4. The molecule has 2 heterocycles. The van der Waals surface area contributed by atoms with E-state index in [-0.39, 0.29) is 29.3 Å². The summed E-state index contributed by atoms with van der Waals surface area (Å²) in [7, 11) is 1.63. The zero-order chi connectivity index (χ0) is 20.2. The second-order valence-electron chi connectivity index (χ2n) is 8.10. The van der Waals surface area contributed by atoms with Gasteiger partial charge in [0.1, 0.15) is 5.82 Å². The summed E-state index contributed by atoms with van der Waals surface area (Å²) in [5.41, 5.74) is 6.00. The van der Waals surface area contributed by atoms with E-state index in [1.807, 2.05) is 4.90 Å². The number of methoxy groups -OCH3 is 1. The maximum atomic E-state index is 15.2. The van der Waals surface area contributed by atoms with Crippen LogP contribution in [0, 0.1) is 18.2 Å². The van der Waals surface area contributed by atoms with Crippen molar-refractivity contribution < 1.29 is 9.13 Å². The highest BCUT2D eigenvalue weighted by molar-refractivity contribution is 5.87. The van der Waals surface area contributed by atoms with Crippen LogP contribution in [0.25, 0.3) is 10.9 Å². The van der Waals surface area contributed by atoms with Crippen molar-refractivity contribution in [2.24, 2.45) is 11.1 Å². The van der Waals surface area contributed by atoms with E-state index in [1.54, 1.807) is 18.6 Å². The molecule has 1 aliphatic heterocycles. The van der Waals surface area contributed by atoms with Gasteiger partial charge in [-0.25, -0.2) is 9.18 Å². The van der Waals surface area contributed by atoms with Crippen LogP contribution in [0.3, 0.4) is 0 Å². The third-order valence-electron chi connectivity index (χ3n) is 6.12. The standard InChI is InChI=1S/C19H26FN5O3.ClH/c1-11-15-13(17(26)25(22)18(27)24(15)12-3-4-12)7-14(20)16(11)23-6-5-19(8-21,9-23)10-28-2;/h7,12H,3-6,8-10,21-22H2,1-2H3;1H. The zero-order valence-electron chi connectivity index (χ0n) is 16.6. The molecule has 29 heavy (non-hydrogen) atoms. The van der Waals surface area contributed by atoms with Crippen molar-refractivity contribution in [3.8, 4) is 0 Å². The fraction of sp³-hybridized carbons (Fsp3) is 0.579. The Bertz CT molecular complexity index is 1060. The van der Waals surface area contributed by atoms with Crippen LogP contribution in [-0.2, 0) is 4.74 Å². The van der Waals surface area contributed by atoms with E-state index >= 15 is 4.39 Å². The van der Waals surface area contributed by atoms with Crippen LogP contribution in [0.1, 0.15) is 30.9 Å². The van der Waals surface area contributed by atoms with Gasteiger partial charge in [-0.05, 0) is 32.3 Å². The topological polar surface area (TPSA) is 109 Å². The van der Waals surface area contributed by atoms with Gasteiger partial charge >= 0.3 is 5.69 Å². The molecule has 1 unspecified atom stereocenters. The van der Waals surface area contributed by atoms with E-state index in [2.05, 4.69) is 0 Å². The lowest BCUT2D eigenvalue weighted by Gasteiger charge is -2.29. The minimum atomic E-state index is -0.678. The number of halogens is 2. The predicted octanol–water partition coefficient (Wildman–Crippen LogP) is 0.883. The van der Waals surface area contributed by atoms with Gasteiger partial charge in [0.05, 0.1) is 23.2 Å². The molecule has 0 radical (unpaired) electrons. The Morgan fingerprint density at radius 1 is 1.34 bits per heavy atom. The van der Waals surface area contributed by atoms with Gasteiger partial charge in [-0.3, -0.25) is 9.36 Å². The van der Waals surface area contributed by atoms with Crippen molar-refractivity contribution in [1.29, 1.82) is 0 Å². The van der Waals surface area contributed by atoms with E-state index in [4.69, 9.17) is 16.3 Å². The number of nitrogens with two attached hydrogens (primary N) is 2. The molecule has 2 fully saturated rings. The molecule has 2 aromatic rings. The Hall–Kier alpha value is -2.10. The molecular weight excluding hydrogens is 401 g/mol. The number of benzene rings is 1. The molecule has 10 heteroatoms. The van der Waals surface area contributed by atoms with Gasteiger partial charge in [-0.15, -0.1) is 12.4 Å². The molecule has 1 aromatic carbocycles. The number of rotatable bonds is 5. The normalized spacial score (nSPS) is 21.6. The summed E-state index contributed by atoms with van der Waals surface area (Å²) >= 11 is 0. The van der Waals surface area contributed by atoms with Crippen LogP contribution in [0.2, 0.25) is 0 Å².